The number of hydroxylamine groups is 2. The van der Waals surface area contributed by atoms with E-state index in [0.717, 1.165) is 47.7 Å². The Kier molecular flexibility index (Phi) is 10.7. The van der Waals surface area contributed by atoms with Crippen LogP contribution in [-0.2, 0) is 53.4 Å². The number of anilines is 1. The number of fused-ring (bicyclic) bond motifs is 1. The summed E-state index contributed by atoms with van der Waals surface area (Å²) in [7, 11) is -5.29. The number of hydrogen-bond acceptors (Lipinski definition) is 16. The van der Waals surface area contributed by atoms with Crippen molar-refractivity contribution in [1.82, 2.24) is 25.4 Å². The molecule has 0 radical (unpaired) electrons. The molecule has 292 valence electrons. The number of carboxylic acid groups (broad SMARTS) is 1. The number of amides is 2. The predicted molar refractivity (Wildman–Crippen MR) is 188 cm³/mol. The van der Waals surface area contributed by atoms with Crippen LogP contribution in [0.2, 0.25) is 0 Å². The number of carbonyl (C=O) groups is 3. The number of aliphatic hydroxyl groups excluding tert-OH is 1. The molecule has 3 aliphatic heterocycles. The number of rotatable bonds is 15. The van der Waals surface area contributed by atoms with Crippen LogP contribution in [0.5, 0.6) is 5.75 Å². The maximum Gasteiger partial charge on any atom is 0.354 e. The molecule has 5 heterocycles. The molecule has 0 spiro atoms. The number of benzene rings is 1. The second-order valence-electron chi connectivity index (χ2n) is 14.0. The van der Waals surface area contributed by atoms with E-state index < -0.39 is 63.3 Å². The van der Waals surface area contributed by atoms with Crippen LogP contribution < -0.4 is 31.5 Å². The lowest BCUT2D eigenvalue weighted by Crippen LogP contribution is -2.76. The minimum Gasteiger partial charge on any atom is -0.724 e. The highest BCUT2D eigenvalue weighted by molar-refractivity contribution is 7.80. The standard InChI is InChI=1S/C32H41N9O11S2/c1-31(2)26(28(44)41(31)52-54(47,48)49)37-27(43)25(22-16-53-30(34)36-22)38-51-32(3,29(45)46)24-7-5-19-8-18(4-6-23(19)50-24)20-13-39(12-17-10-35-11-17)40(14-20)15-21(42)9-33/h4,6,8,13-14,16-17,21,24,26,35,42H,5,7,9-12,15,33H2,1-3H3,(H4-,34,36,37,43,45,46,47,48,49)/b38-25-/t21-,24?,26?,32-/m0/s1. The van der Waals surface area contributed by atoms with Gasteiger partial charge in [0.15, 0.2) is 23.5 Å². The van der Waals surface area contributed by atoms with Crippen LogP contribution in [0.25, 0.3) is 11.1 Å². The Hall–Kier alpha value is -4.71. The van der Waals surface area contributed by atoms with Crippen molar-refractivity contribution >= 4 is 50.4 Å². The third-order valence-electron chi connectivity index (χ3n) is 9.69. The number of β-lactam (4-membered cyclic amide) rings is 1. The molecular formula is C32H41N9O11S2. The van der Waals surface area contributed by atoms with Crippen molar-refractivity contribution in [3.05, 3.63) is 47.2 Å². The van der Waals surface area contributed by atoms with Gasteiger partial charge in [-0.15, -0.1) is 16.0 Å². The number of carboxylic acids is 1. The van der Waals surface area contributed by atoms with Gasteiger partial charge in [0, 0.05) is 30.9 Å². The van der Waals surface area contributed by atoms with Gasteiger partial charge in [0.25, 0.3) is 17.4 Å². The van der Waals surface area contributed by atoms with Crippen LogP contribution in [0.15, 0.2) is 41.1 Å². The molecule has 8 N–H and O–H groups in total. The van der Waals surface area contributed by atoms with Crippen molar-refractivity contribution in [3.63, 3.8) is 0 Å². The maximum absolute atomic E-state index is 13.5. The molecular weight excluding hydrogens is 751 g/mol. The average molecular weight is 792 g/mol. The number of nitrogen functional groups attached to an aromatic ring is 1. The minimum absolute atomic E-state index is 0.0496. The molecule has 0 bridgehead atoms. The number of oxime groups is 1. The van der Waals surface area contributed by atoms with E-state index in [1.54, 1.807) is 6.07 Å². The highest BCUT2D eigenvalue weighted by Crippen LogP contribution is 2.37. The second kappa shape index (κ2) is 14.8. The summed E-state index contributed by atoms with van der Waals surface area (Å²) in [4.78, 5) is 48.6. The van der Waals surface area contributed by atoms with Gasteiger partial charge in [-0.2, -0.15) is 14.0 Å². The topological polar surface area (TPSA) is 290 Å². The molecule has 3 aromatic rings. The summed E-state index contributed by atoms with van der Waals surface area (Å²) >= 11 is 0.958. The van der Waals surface area contributed by atoms with Crippen molar-refractivity contribution in [1.29, 1.82) is 0 Å². The largest absolute Gasteiger partial charge is 0.724 e. The molecule has 20 nitrogen and oxygen atoms in total. The molecule has 2 amide bonds. The number of aliphatic hydroxyl groups is 1. The van der Waals surface area contributed by atoms with E-state index in [0.29, 0.717) is 29.7 Å². The summed E-state index contributed by atoms with van der Waals surface area (Å²) in [6, 6.07) is 4.19. The van der Waals surface area contributed by atoms with Crippen LogP contribution in [0.3, 0.4) is 0 Å². The Morgan fingerprint density at radius 1 is 1.33 bits per heavy atom. The molecule has 3 aliphatic rings. The average Bonchev–Trinajstić information content (AvgIpc) is 3.71. The second-order valence-corrected chi connectivity index (χ2v) is 15.9. The molecule has 2 fully saturated rings. The van der Waals surface area contributed by atoms with Gasteiger partial charge >= 0.3 is 5.97 Å². The highest BCUT2D eigenvalue weighted by Gasteiger charge is 2.58. The normalized spacial score (nSPS) is 21.6. The van der Waals surface area contributed by atoms with Gasteiger partial charge in [0.2, 0.25) is 16.6 Å². The Morgan fingerprint density at radius 3 is 2.67 bits per heavy atom. The third-order valence-corrected chi connectivity index (χ3v) is 10.7. The fraction of sp³-hybridized carbons (Fsp3) is 0.500. The number of thiazole rings is 1. The van der Waals surface area contributed by atoms with Crippen molar-refractivity contribution in [2.75, 3.05) is 25.4 Å². The van der Waals surface area contributed by atoms with Gasteiger partial charge < -0.3 is 46.4 Å². The number of ether oxygens (including phenoxy) is 1. The quantitative estimate of drug-likeness (QED) is 0.0254. The van der Waals surface area contributed by atoms with Crippen molar-refractivity contribution in [3.8, 4) is 16.9 Å². The number of aromatic nitrogens is 3. The van der Waals surface area contributed by atoms with E-state index in [9.17, 15) is 37.6 Å². The Labute approximate surface area is 313 Å². The fourth-order valence-electron chi connectivity index (χ4n) is 6.35. The lowest BCUT2D eigenvalue weighted by molar-refractivity contribution is -0.780. The van der Waals surface area contributed by atoms with E-state index >= 15 is 0 Å². The zero-order valence-electron chi connectivity index (χ0n) is 29.5. The zero-order chi connectivity index (χ0) is 39.2. The summed E-state index contributed by atoms with van der Waals surface area (Å²) < 4.78 is 47.7. The molecule has 2 saturated heterocycles. The number of nitrogens with zero attached hydrogens (tertiary/aromatic N) is 5. The first kappa shape index (κ1) is 39.0. The SMILES string of the molecule is CC1(C)C(NC(=O)/C(=N\O[C@](C)(C(=O)O)C2CCc3cc(-c4cn(CC5CNC5)[n+](C[C@@H](O)CN)c4)ccc3O2)c2csc(N)n2)C(=O)N1OS(=O)(=O)[O-]. The van der Waals surface area contributed by atoms with Gasteiger partial charge in [0.05, 0.1) is 23.8 Å². The number of aliphatic carboxylic acids is 1. The van der Waals surface area contributed by atoms with E-state index in [2.05, 4.69) is 29.7 Å². The summed E-state index contributed by atoms with van der Waals surface area (Å²) in [5.41, 5.74) is 9.86. The van der Waals surface area contributed by atoms with Crippen LogP contribution in [0.1, 0.15) is 38.4 Å². The summed E-state index contributed by atoms with van der Waals surface area (Å²) in [6.07, 6.45) is 2.81. The van der Waals surface area contributed by atoms with Crippen molar-refractivity contribution in [2.24, 2.45) is 16.8 Å². The van der Waals surface area contributed by atoms with Crippen LogP contribution in [0, 0.1) is 5.92 Å². The monoisotopic (exact) mass is 791 g/mol. The van der Waals surface area contributed by atoms with Gasteiger partial charge in [-0.25, -0.2) is 18.2 Å². The Bertz CT molecular complexity index is 2060. The third kappa shape index (κ3) is 7.90. The fourth-order valence-corrected chi connectivity index (χ4v) is 7.34. The minimum atomic E-state index is -5.29. The van der Waals surface area contributed by atoms with E-state index in [4.69, 9.17) is 21.0 Å². The van der Waals surface area contributed by atoms with Gasteiger partial charge in [-0.1, -0.05) is 11.2 Å². The lowest BCUT2D eigenvalue weighted by Gasteiger charge is -2.51. The molecule has 0 aliphatic carbocycles. The molecule has 22 heteroatoms. The first-order chi connectivity index (χ1) is 25.4. The van der Waals surface area contributed by atoms with Crippen LogP contribution in [0.4, 0.5) is 5.13 Å². The van der Waals surface area contributed by atoms with E-state index in [1.807, 2.05) is 29.2 Å². The van der Waals surface area contributed by atoms with E-state index in [-0.39, 0.29) is 23.8 Å². The lowest BCUT2D eigenvalue weighted by atomic mass is 9.84. The van der Waals surface area contributed by atoms with Crippen LogP contribution >= 0.6 is 11.3 Å². The van der Waals surface area contributed by atoms with Crippen molar-refractivity contribution < 1.29 is 56.1 Å². The van der Waals surface area contributed by atoms with Gasteiger partial charge in [0.1, 0.15) is 23.6 Å². The maximum atomic E-state index is 13.5. The van der Waals surface area contributed by atoms with Gasteiger partial charge in [-0.3, -0.25) is 9.59 Å². The number of hydrogen-bond donors (Lipinski definition) is 6. The molecule has 2 aromatic heterocycles. The number of nitrogens with two attached hydrogens (primary N) is 2. The molecule has 0 saturated carbocycles. The van der Waals surface area contributed by atoms with Crippen molar-refractivity contribution in [2.45, 2.75) is 76.1 Å². The number of aryl methyl sites for hydroxylation is 1. The summed E-state index contributed by atoms with van der Waals surface area (Å²) in [5.74, 6) is -2.61. The van der Waals surface area contributed by atoms with Crippen LogP contribution in [-0.4, -0.2) is 110 Å². The first-order valence-corrected chi connectivity index (χ1v) is 19.1. The van der Waals surface area contributed by atoms with Gasteiger partial charge in [-0.05, 0) is 56.9 Å². The number of carbonyl (C=O) groups excluding carboxylic acids is 2. The Balaban J connectivity index is 1.21. The molecule has 54 heavy (non-hydrogen) atoms. The smallest absolute Gasteiger partial charge is 0.354 e. The molecule has 6 rings (SSSR count). The highest BCUT2D eigenvalue weighted by atomic mass is 32.3. The van der Waals surface area contributed by atoms with E-state index in [1.165, 1.54) is 26.2 Å². The zero-order valence-corrected chi connectivity index (χ0v) is 31.1. The summed E-state index contributed by atoms with van der Waals surface area (Å²) in [6.45, 7) is 7.00. The molecule has 1 aromatic carbocycles. The Morgan fingerprint density at radius 2 is 2.07 bits per heavy atom. The molecule has 2 unspecified atom stereocenters. The summed E-state index contributed by atoms with van der Waals surface area (Å²) in [5, 5.41) is 32.0. The number of nitrogens with one attached hydrogen (secondary N) is 2. The first-order valence-electron chi connectivity index (χ1n) is 16.9. The predicted octanol–water partition coefficient (Wildman–Crippen LogP) is -1.52. The molecule has 4 atom stereocenters.